The minimum Gasteiger partial charge on any atom is -0.396 e. The highest BCUT2D eigenvalue weighted by Gasteiger charge is 2.50. The van der Waals surface area contributed by atoms with Crippen molar-refractivity contribution in [1.29, 1.82) is 0 Å². The molecule has 1 N–H and O–H groups in total. The SMILES string of the molecule is CCCCCCCCC(CO)C(OC(C)(C)C)(OC(C)(C)C)OC(C)(C)C. The second kappa shape index (κ2) is 11.1. The zero-order valence-electron chi connectivity index (χ0n) is 19.9. The molecule has 164 valence electrons. The Morgan fingerprint density at radius 3 is 1.33 bits per heavy atom. The van der Waals surface area contributed by atoms with Gasteiger partial charge < -0.3 is 19.3 Å². The molecule has 4 heteroatoms. The van der Waals surface area contributed by atoms with E-state index in [4.69, 9.17) is 14.2 Å². The van der Waals surface area contributed by atoms with Gasteiger partial charge in [0.1, 0.15) is 0 Å². The van der Waals surface area contributed by atoms with Crippen molar-refractivity contribution < 1.29 is 19.3 Å². The van der Waals surface area contributed by atoms with Crippen LogP contribution in [0.2, 0.25) is 0 Å². The molecule has 0 rings (SSSR count). The van der Waals surface area contributed by atoms with Gasteiger partial charge in [-0.1, -0.05) is 45.4 Å². The van der Waals surface area contributed by atoms with Gasteiger partial charge in [0.2, 0.25) is 0 Å². The van der Waals surface area contributed by atoms with Crippen molar-refractivity contribution in [2.45, 2.75) is 137 Å². The molecular formula is C23H48O4. The molecule has 0 aromatic carbocycles. The van der Waals surface area contributed by atoms with Crippen LogP contribution in [0.4, 0.5) is 0 Å². The Balaban J connectivity index is 5.50. The van der Waals surface area contributed by atoms with Crippen LogP contribution in [-0.2, 0) is 14.2 Å². The Hall–Kier alpha value is -0.160. The van der Waals surface area contributed by atoms with Crippen molar-refractivity contribution >= 4 is 0 Å². The van der Waals surface area contributed by atoms with Gasteiger partial charge in [-0.2, -0.15) is 0 Å². The van der Waals surface area contributed by atoms with Gasteiger partial charge in [0.15, 0.2) is 0 Å². The smallest absolute Gasteiger partial charge is 0.289 e. The minimum atomic E-state index is -1.28. The third-order valence-electron chi connectivity index (χ3n) is 3.97. The van der Waals surface area contributed by atoms with Crippen LogP contribution < -0.4 is 0 Å². The van der Waals surface area contributed by atoms with Gasteiger partial charge in [0.05, 0.1) is 29.3 Å². The van der Waals surface area contributed by atoms with E-state index in [0.29, 0.717) is 0 Å². The molecule has 0 spiro atoms. The first-order valence-electron chi connectivity index (χ1n) is 10.9. The molecule has 0 fully saturated rings. The third kappa shape index (κ3) is 12.8. The minimum absolute atomic E-state index is 0.0306. The summed E-state index contributed by atoms with van der Waals surface area (Å²) in [6.07, 6.45) is 8.06. The van der Waals surface area contributed by atoms with Crippen molar-refractivity contribution in [3.8, 4) is 0 Å². The lowest BCUT2D eigenvalue weighted by atomic mass is 9.96. The first-order chi connectivity index (χ1) is 12.1. The first kappa shape index (κ1) is 26.8. The second-order valence-corrected chi connectivity index (χ2v) is 10.7. The van der Waals surface area contributed by atoms with E-state index in [-0.39, 0.29) is 12.5 Å². The van der Waals surface area contributed by atoms with E-state index in [2.05, 4.69) is 6.92 Å². The molecule has 0 aliphatic rings. The molecule has 0 aromatic rings. The van der Waals surface area contributed by atoms with Crippen LogP contribution in [0.1, 0.15) is 114 Å². The molecule has 4 nitrogen and oxygen atoms in total. The van der Waals surface area contributed by atoms with E-state index in [9.17, 15) is 5.11 Å². The molecule has 0 bridgehead atoms. The highest BCUT2D eigenvalue weighted by atomic mass is 16.9. The Bertz CT molecular complexity index is 344. The van der Waals surface area contributed by atoms with Crippen LogP contribution in [0.3, 0.4) is 0 Å². The van der Waals surface area contributed by atoms with Gasteiger partial charge in [-0.3, -0.25) is 0 Å². The highest BCUT2D eigenvalue weighted by molar-refractivity contribution is 4.81. The van der Waals surface area contributed by atoms with Gasteiger partial charge in [-0.25, -0.2) is 0 Å². The number of aliphatic hydroxyl groups is 1. The summed E-state index contributed by atoms with van der Waals surface area (Å²) in [5.74, 6) is -1.53. The number of aliphatic hydroxyl groups excluding tert-OH is 1. The fraction of sp³-hybridized carbons (Fsp3) is 1.00. The largest absolute Gasteiger partial charge is 0.396 e. The molecule has 0 aliphatic heterocycles. The molecule has 0 saturated heterocycles. The summed E-state index contributed by atoms with van der Waals surface area (Å²) in [6.45, 7) is 20.2. The summed E-state index contributed by atoms with van der Waals surface area (Å²) >= 11 is 0. The Kier molecular flexibility index (Phi) is 11.1. The van der Waals surface area contributed by atoms with Gasteiger partial charge in [-0.05, 0) is 68.7 Å². The summed E-state index contributed by atoms with van der Waals surface area (Å²) in [7, 11) is 0. The number of rotatable bonds is 12. The fourth-order valence-electron chi connectivity index (χ4n) is 3.14. The molecule has 0 aliphatic carbocycles. The lowest BCUT2D eigenvalue weighted by Gasteiger charge is -2.48. The topological polar surface area (TPSA) is 47.9 Å². The Morgan fingerprint density at radius 1 is 0.630 bits per heavy atom. The summed E-state index contributed by atoms with van der Waals surface area (Å²) in [5, 5.41) is 10.3. The summed E-state index contributed by atoms with van der Waals surface area (Å²) in [5.41, 5.74) is -1.40. The van der Waals surface area contributed by atoms with E-state index in [0.717, 1.165) is 19.3 Å². The summed E-state index contributed by atoms with van der Waals surface area (Å²) in [4.78, 5) is 0. The molecule has 0 aromatic heterocycles. The normalized spacial score (nSPS) is 15.2. The summed E-state index contributed by atoms with van der Waals surface area (Å²) < 4.78 is 19.3. The first-order valence-corrected chi connectivity index (χ1v) is 10.9. The van der Waals surface area contributed by atoms with Crippen LogP contribution in [0.5, 0.6) is 0 Å². The van der Waals surface area contributed by atoms with Crippen LogP contribution in [0, 0.1) is 5.92 Å². The zero-order chi connectivity index (χ0) is 21.4. The third-order valence-corrected chi connectivity index (χ3v) is 3.97. The number of unbranched alkanes of at least 4 members (excludes halogenated alkanes) is 5. The fourth-order valence-corrected chi connectivity index (χ4v) is 3.14. The maximum atomic E-state index is 10.3. The quantitative estimate of drug-likeness (QED) is 0.308. The van der Waals surface area contributed by atoms with Gasteiger partial charge >= 0.3 is 0 Å². The van der Waals surface area contributed by atoms with Crippen LogP contribution in [0.15, 0.2) is 0 Å². The molecule has 0 amide bonds. The molecule has 0 radical (unpaired) electrons. The molecule has 0 saturated carbocycles. The van der Waals surface area contributed by atoms with Gasteiger partial charge in [0.25, 0.3) is 5.97 Å². The second-order valence-electron chi connectivity index (χ2n) is 10.7. The van der Waals surface area contributed by atoms with Crippen LogP contribution in [0.25, 0.3) is 0 Å². The van der Waals surface area contributed by atoms with E-state index in [1.165, 1.54) is 25.7 Å². The van der Waals surface area contributed by atoms with Crippen molar-refractivity contribution in [3.05, 3.63) is 0 Å². The molecular weight excluding hydrogens is 340 g/mol. The number of ether oxygens (including phenoxy) is 3. The van der Waals surface area contributed by atoms with E-state index >= 15 is 0 Å². The highest BCUT2D eigenvalue weighted by Crippen LogP contribution is 2.39. The van der Waals surface area contributed by atoms with Gasteiger partial charge in [-0.15, -0.1) is 0 Å². The standard InChI is InChI=1S/C23H48O4/c1-11-12-13-14-15-16-17-19(18-24)23(25-20(2,3)4,26-21(5,6)7)27-22(8,9)10/h19,24H,11-18H2,1-10H3. The van der Waals surface area contributed by atoms with Crippen LogP contribution >= 0.6 is 0 Å². The van der Waals surface area contributed by atoms with E-state index in [1.54, 1.807) is 0 Å². The van der Waals surface area contributed by atoms with Crippen molar-refractivity contribution in [1.82, 2.24) is 0 Å². The lowest BCUT2D eigenvalue weighted by Crippen LogP contribution is -2.57. The summed E-state index contributed by atoms with van der Waals surface area (Å²) in [6, 6.07) is 0. The average Bonchev–Trinajstić information content (AvgIpc) is 2.40. The Morgan fingerprint density at radius 2 is 1.00 bits per heavy atom. The zero-order valence-corrected chi connectivity index (χ0v) is 19.9. The average molecular weight is 389 g/mol. The van der Waals surface area contributed by atoms with Crippen molar-refractivity contribution in [2.75, 3.05) is 6.61 Å². The van der Waals surface area contributed by atoms with E-state index < -0.39 is 22.8 Å². The maximum absolute atomic E-state index is 10.3. The molecule has 27 heavy (non-hydrogen) atoms. The lowest BCUT2D eigenvalue weighted by molar-refractivity contribution is -0.469. The molecule has 0 heterocycles. The molecule has 1 atom stereocenters. The maximum Gasteiger partial charge on any atom is 0.289 e. The number of hydrogen-bond donors (Lipinski definition) is 1. The predicted molar refractivity (Wildman–Crippen MR) is 114 cm³/mol. The van der Waals surface area contributed by atoms with Crippen LogP contribution in [-0.4, -0.2) is 34.5 Å². The Labute approximate surface area is 169 Å². The van der Waals surface area contributed by atoms with Gasteiger partial charge in [0, 0.05) is 0 Å². The monoisotopic (exact) mass is 388 g/mol. The van der Waals surface area contributed by atoms with Crippen molar-refractivity contribution in [3.63, 3.8) is 0 Å². The van der Waals surface area contributed by atoms with E-state index in [1.807, 2.05) is 62.3 Å². The molecule has 1 unspecified atom stereocenters. The predicted octanol–water partition coefficient (Wildman–Crippen LogP) is 6.44. The van der Waals surface area contributed by atoms with Crippen molar-refractivity contribution in [2.24, 2.45) is 5.92 Å². The number of hydrogen-bond acceptors (Lipinski definition) is 4.